The van der Waals surface area contributed by atoms with Crippen molar-refractivity contribution in [2.75, 3.05) is 5.73 Å². The number of carbonyl (C=O) groups excluding carboxylic acids is 1. The van der Waals surface area contributed by atoms with Crippen LogP contribution in [0.5, 0.6) is 11.5 Å². The van der Waals surface area contributed by atoms with Gasteiger partial charge < -0.3 is 16.2 Å². The van der Waals surface area contributed by atoms with Gasteiger partial charge in [-0.3, -0.25) is 9.48 Å². The highest BCUT2D eigenvalue weighted by molar-refractivity contribution is 6.33. The lowest BCUT2D eigenvalue weighted by Gasteiger charge is -2.12. The number of hydrogen-bond acceptors (Lipinski definition) is 4. The van der Waals surface area contributed by atoms with Crippen molar-refractivity contribution in [3.63, 3.8) is 0 Å². The van der Waals surface area contributed by atoms with Gasteiger partial charge in [-0.05, 0) is 26.0 Å². The number of nitrogen functional groups attached to an aromatic ring is 1. The molecule has 20 heavy (non-hydrogen) atoms. The second-order valence-corrected chi connectivity index (χ2v) is 4.88. The van der Waals surface area contributed by atoms with Crippen molar-refractivity contribution in [2.24, 2.45) is 12.8 Å². The Morgan fingerprint density at radius 1 is 1.35 bits per heavy atom. The molecule has 7 heteroatoms. The summed E-state index contributed by atoms with van der Waals surface area (Å²) in [5, 5.41) is 4.46. The Morgan fingerprint density at radius 3 is 2.50 bits per heavy atom. The number of rotatable bonds is 3. The Morgan fingerprint density at radius 2 is 2.00 bits per heavy atom. The minimum Gasteiger partial charge on any atom is -0.451 e. The SMILES string of the molecule is Cc1nn(C)c(C)c1Oc1c(Cl)cc(N)cc1C(N)=O. The number of carbonyl (C=O) groups is 1. The predicted octanol–water partition coefficient (Wildman–Crippen LogP) is 2.16. The van der Waals surface area contributed by atoms with Gasteiger partial charge >= 0.3 is 0 Å². The molecule has 0 radical (unpaired) electrons. The van der Waals surface area contributed by atoms with Crippen molar-refractivity contribution >= 4 is 23.2 Å². The van der Waals surface area contributed by atoms with Gasteiger partial charge in [0.1, 0.15) is 5.69 Å². The summed E-state index contributed by atoms with van der Waals surface area (Å²) in [4.78, 5) is 11.5. The van der Waals surface area contributed by atoms with Crippen LogP contribution < -0.4 is 16.2 Å². The minimum atomic E-state index is -0.659. The molecular formula is C13H15ClN4O2. The molecule has 2 aromatic rings. The van der Waals surface area contributed by atoms with Crippen LogP contribution in [-0.4, -0.2) is 15.7 Å². The zero-order valence-electron chi connectivity index (χ0n) is 11.4. The first-order valence-corrected chi connectivity index (χ1v) is 6.26. The number of hydrogen-bond donors (Lipinski definition) is 2. The van der Waals surface area contributed by atoms with Crippen molar-refractivity contribution in [2.45, 2.75) is 13.8 Å². The molecule has 0 saturated heterocycles. The van der Waals surface area contributed by atoms with Gasteiger partial charge in [-0.1, -0.05) is 11.6 Å². The van der Waals surface area contributed by atoms with Crippen LogP contribution in [0.15, 0.2) is 12.1 Å². The molecule has 0 atom stereocenters. The summed E-state index contributed by atoms with van der Waals surface area (Å²) in [5.41, 5.74) is 13.0. The minimum absolute atomic E-state index is 0.137. The maximum Gasteiger partial charge on any atom is 0.252 e. The van der Waals surface area contributed by atoms with Crippen LogP contribution in [0.3, 0.4) is 0 Å². The number of amides is 1. The lowest BCUT2D eigenvalue weighted by atomic mass is 10.1. The highest BCUT2D eigenvalue weighted by Gasteiger charge is 2.19. The first kappa shape index (κ1) is 14.2. The second-order valence-electron chi connectivity index (χ2n) is 4.47. The highest BCUT2D eigenvalue weighted by Crippen LogP contribution is 2.37. The summed E-state index contributed by atoms with van der Waals surface area (Å²) in [7, 11) is 1.80. The monoisotopic (exact) mass is 294 g/mol. The quantitative estimate of drug-likeness (QED) is 0.848. The Balaban J connectivity index is 2.56. The molecule has 0 aliphatic rings. The predicted molar refractivity (Wildman–Crippen MR) is 77.1 cm³/mol. The molecule has 6 nitrogen and oxygen atoms in total. The van der Waals surface area contributed by atoms with E-state index >= 15 is 0 Å². The number of benzene rings is 1. The molecule has 1 amide bonds. The fourth-order valence-electron chi connectivity index (χ4n) is 1.91. The van der Waals surface area contributed by atoms with E-state index in [9.17, 15) is 4.79 Å². The third kappa shape index (κ3) is 2.42. The summed E-state index contributed by atoms with van der Waals surface area (Å²) in [6.45, 7) is 3.65. The smallest absolute Gasteiger partial charge is 0.252 e. The van der Waals surface area contributed by atoms with Gasteiger partial charge in [-0.15, -0.1) is 0 Å². The van der Waals surface area contributed by atoms with E-state index in [2.05, 4.69) is 5.10 Å². The fraction of sp³-hybridized carbons (Fsp3) is 0.231. The molecule has 0 unspecified atom stereocenters. The van der Waals surface area contributed by atoms with Crippen LogP contribution in [0.1, 0.15) is 21.7 Å². The van der Waals surface area contributed by atoms with Crippen LogP contribution in [-0.2, 0) is 7.05 Å². The second kappa shape index (κ2) is 5.05. The van der Waals surface area contributed by atoms with Crippen molar-refractivity contribution in [1.82, 2.24) is 9.78 Å². The van der Waals surface area contributed by atoms with Crippen molar-refractivity contribution < 1.29 is 9.53 Å². The number of nitrogens with zero attached hydrogens (tertiary/aromatic N) is 2. The number of ether oxygens (including phenoxy) is 1. The lowest BCUT2D eigenvalue weighted by molar-refractivity contribution is 0.0998. The molecule has 1 aromatic carbocycles. The van der Waals surface area contributed by atoms with E-state index in [0.717, 1.165) is 5.69 Å². The van der Waals surface area contributed by atoms with E-state index in [1.165, 1.54) is 12.1 Å². The Hall–Kier alpha value is -2.21. The van der Waals surface area contributed by atoms with Crippen LogP contribution in [0.2, 0.25) is 5.02 Å². The lowest BCUT2D eigenvalue weighted by Crippen LogP contribution is -2.13. The fourth-order valence-corrected chi connectivity index (χ4v) is 2.17. The Bertz CT molecular complexity index is 694. The van der Waals surface area contributed by atoms with Gasteiger partial charge in [0, 0.05) is 12.7 Å². The number of primary amides is 1. The first-order chi connectivity index (χ1) is 9.31. The molecular weight excluding hydrogens is 280 g/mol. The largest absolute Gasteiger partial charge is 0.451 e. The maximum absolute atomic E-state index is 11.5. The maximum atomic E-state index is 11.5. The average molecular weight is 295 g/mol. The molecule has 2 rings (SSSR count). The van der Waals surface area contributed by atoms with Gasteiger partial charge in [-0.25, -0.2) is 0 Å². The summed E-state index contributed by atoms with van der Waals surface area (Å²) < 4.78 is 7.45. The Kier molecular flexibility index (Phi) is 3.59. The van der Waals surface area contributed by atoms with Crippen LogP contribution in [0.4, 0.5) is 5.69 Å². The third-order valence-electron chi connectivity index (χ3n) is 2.98. The van der Waals surface area contributed by atoms with Crippen molar-refractivity contribution in [3.05, 3.63) is 34.1 Å². The van der Waals surface area contributed by atoms with Gasteiger partial charge in [0.25, 0.3) is 5.91 Å². The molecule has 0 fully saturated rings. The zero-order valence-corrected chi connectivity index (χ0v) is 12.2. The molecule has 1 heterocycles. The van der Waals surface area contributed by atoms with Crippen LogP contribution in [0, 0.1) is 13.8 Å². The molecule has 106 valence electrons. The van der Waals surface area contributed by atoms with Gasteiger partial charge in [-0.2, -0.15) is 5.10 Å². The molecule has 0 aliphatic heterocycles. The van der Waals surface area contributed by atoms with Gasteiger partial charge in [0.05, 0.1) is 16.3 Å². The van der Waals surface area contributed by atoms with Gasteiger partial charge in [0.15, 0.2) is 11.5 Å². The van der Waals surface area contributed by atoms with E-state index in [4.69, 9.17) is 27.8 Å². The average Bonchev–Trinajstić information content (AvgIpc) is 2.58. The number of anilines is 1. The molecule has 4 N–H and O–H groups in total. The Labute approximate surface area is 121 Å². The number of nitrogens with two attached hydrogens (primary N) is 2. The summed E-state index contributed by atoms with van der Waals surface area (Å²) in [5.74, 6) is 0.0719. The van der Waals surface area contributed by atoms with Crippen molar-refractivity contribution in [3.8, 4) is 11.5 Å². The van der Waals surface area contributed by atoms with Crippen LogP contribution >= 0.6 is 11.6 Å². The van der Waals surface area contributed by atoms with E-state index in [1.54, 1.807) is 18.7 Å². The van der Waals surface area contributed by atoms with E-state index < -0.39 is 5.91 Å². The highest BCUT2D eigenvalue weighted by atomic mass is 35.5. The van der Waals surface area contributed by atoms with Crippen LogP contribution in [0.25, 0.3) is 0 Å². The topological polar surface area (TPSA) is 96.2 Å². The number of aryl methyl sites for hydroxylation is 2. The third-order valence-corrected chi connectivity index (χ3v) is 3.26. The van der Waals surface area contributed by atoms with E-state index in [-0.39, 0.29) is 16.3 Å². The summed E-state index contributed by atoms with van der Waals surface area (Å²) >= 11 is 6.10. The number of halogens is 1. The number of aromatic nitrogens is 2. The summed E-state index contributed by atoms with van der Waals surface area (Å²) in [6.07, 6.45) is 0. The summed E-state index contributed by atoms with van der Waals surface area (Å²) in [6, 6.07) is 2.94. The van der Waals surface area contributed by atoms with Gasteiger partial charge in [0.2, 0.25) is 0 Å². The molecule has 0 spiro atoms. The first-order valence-electron chi connectivity index (χ1n) is 5.88. The standard InChI is InChI=1S/C13H15ClN4O2/c1-6-11(7(2)18(3)17-6)20-12-9(13(16)19)4-8(15)5-10(12)14/h4-5H,15H2,1-3H3,(H2,16,19). The molecule has 1 aromatic heterocycles. The molecule has 0 aliphatic carbocycles. The molecule has 0 saturated carbocycles. The van der Waals surface area contributed by atoms with Crippen molar-refractivity contribution in [1.29, 1.82) is 0 Å². The zero-order chi connectivity index (χ0) is 15.0. The van der Waals surface area contributed by atoms with E-state index in [0.29, 0.717) is 17.1 Å². The molecule has 0 bridgehead atoms. The normalized spacial score (nSPS) is 10.6. The van der Waals surface area contributed by atoms with E-state index in [1.807, 2.05) is 6.92 Å².